The summed E-state index contributed by atoms with van der Waals surface area (Å²) in [5, 5.41) is 8.79. The van der Waals surface area contributed by atoms with Crippen LogP contribution in [0.3, 0.4) is 0 Å². The molecule has 1 unspecified atom stereocenters. The Hall–Kier alpha value is -1.12. The van der Waals surface area contributed by atoms with Crippen molar-refractivity contribution in [3.8, 4) is 0 Å². The summed E-state index contributed by atoms with van der Waals surface area (Å²) < 4.78 is 0. The lowest BCUT2D eigenvalue weighted by molar-refractivity contribution is -0.153. The number of carbonyl (C=O) groups is 2. The first-order valence-electron chi connectivity index (χ1n) is 3.69. The fraction of sp³-hybridized carbons (Fsp3) is 0.556. The largest absolute Gasteiger partial charge is 0.480 e. The van der Waals surface area contributed by atoms with Crippen LogP contribution in [0.25, 0.3) is 0 Å². The zero-order valence-corrected chi connectivity index (χ0v) is 7.68. The van der Waals surface area contributed by atoms with Crippen LogP contribution >= 0.6 is 0 Å². The molecule has 0 saturated heterocycles. The van der Waals surface area contributed by atoms with Crippen molar-refractivity contribution in [3.63, 3.8) is 0 Å². The molecule has 0 aliphatic carbocycles. The van der Waals surface area contributed by atoms with Gasteiger partial charge < -0.3 is 5.11 Å². The van der Waals surface area contributed by atoms with Crippen molar-refractivity contribution < 1.29 is 14.7 Å². The first kappa shape index (κ1) is 10.9. The van der Waals surface area contributed by atoms with Gasteiger partial charge in [0.15, 0.2) is 0 Å². The maximum Gasteiger partial charge on any atom is 0.317 e. The lowest BCUT2D eigenvalue weighted by atomic mass is 9.81. The summed E-state index contributed by atoms with van der Waals surface area (Å²) in [4.78, 5) is 21.8. The van der Waals surface area contributed by atoms with Gasteiger partial charge >= 0.3 is 5.97 Å². The third kappa shape index (κ3) is 2.19. The van der Waals surface area contributed by atoms with Gasteiger partial charge in [0.1, 0.15) is 11.2 Å². The van der Waals surface area contributed by atoms with E-state index in [4.69, 9.17) is 5.11 Å². The predicted molar refractivity (Wildman–Crippen MR) is 45.9 cm³/mol. The molecule has 0 radical (unpaired) electrons. The topological polar surface area (TPSA) is 54.4 Å². The number of hydrogen-bond acceptors (Lipinski definition) is 2. The number of allylic oxidation sites excluding steroid dienone is 1. The van der Waals surface area contributed by atoms with E-state index in [2.05, 4.69) is 6.58 Å². The maximum atomic E-state index is 11.0. The number of Topliss-reactive ketones (excluding diaryl/α,β-unsaturated/α-hetero) is 1. The molecule has 12 heavy (non-hydrogen) atoms. The van der Waals surface area contributed by atoms with Crippen LogP contribution in [0.15, 0.2) is 12.2 Å². The summed E-state index contributed by atoms with van der Waals surface area (Å²) in [6, 6.07) is 0. The number of rotatable bonds is 4. The second kappa shape index (κ2) is 3.52. The molecule has 0 aromatic carbocycles. The smallest absolute Gasteiger partial charge is 0.317 e. The van der Waals surface area contributed by atoms with Gasteiger partial charge in [0.25, 0.3) is 0 Å². The summed E-state index contributed by atoms with van der Waals surface area (Å²) in [7, 11) is 0. The highest BCUT2D eigenvalue weighted by atomic mass is 16.4. The van der Waals surface area contributed by atoms with Crippen LogP contribution in [-0.4, -0.2) is 16.9 Å². The lowest BCUT2D eigenvalue weighted by Gasteiger charge is -2.21. The van der Waals surface area contributed by atoms with Crippen molar-refractivity contribution in [2.24, 2.45) is 5.41 Å². The van der Waals surface area contributed by atoms with E-state index in [9.17, 15) is 9.59 Å². The van der Waals surface area contributed by atoms with E-state index in [1.807, 2.05) is 0 Å². The minimum absolute atomic E-state index is 0.206. The van der Waals surface area contributed by atoms with Gasteiger partial charge in [-0.2, -0.15) is 0 Å². The summed E-state index contributed by atoms with van der Waals surface area (Å²) in [6.07, 6.45) is 0.206. The molecule has 0 aliphatic rings. The Labute approximate surface area is 72.1 Å². The highest BCUT2D eigenvalue weighted by molar-refractivity contribution is 6.01. The van der Waals surface area contributed by atoms with E-state index in [0.29, 0.717) is 5.57 Å². The third-order valence-corrected chi connectivity index (χ3v) is 1.90. The SMILES string of the molecule is C=C(C)CC(C)(C(C)=O)C(=O)O. The van der Waals surface area contributed by atoms with Gasteiger partial charge in [0.2, 0.25) is 0 Å². The Morgan fingerprint density at radius 2 is 1.83 bits per heavy atom. The average Bonchev–Trinajstić information content (AvgIpc) is 1.84. The van der Waals surface area contributed by atoms with Gasteiger partial charge in [-0.25, -0.2) is 0 Å². The highest BCUT2D eigenvalue weighted by Gasteiger charge is 2.37. The predicted octanol–water partition coefficient (Wildman–Crippen LogP) is 1.63. The molecule has 0 aliphatic heterocycles. The quantitative estimate of drug-likeness (QED) is 0.515. The van der Waals surface area contributed by atoms with E-state index in [0.717, 1.165) is 0 Å². The molecule has 3 heteroatoms. The Morgan fingerprint density at radius 1 is 1.42 bits per heavy atom. The van der Waals surface area contributed by atoms with Gasteiger partial charge in [-0.05, 0) is 27.2 Å². The molecule has 1 atom stereocenters. The second-order valence-electron chi connectivity index (χ2n) is 3.33. The Kier molecular flexibility index (Phi) is 3.19. The molecule has 0 aromatic heterocycles. The fourth-order valence-corrected chi connectivity index (χ4v) is 0.954. The standard InChI is InChI=1S/C9H14O3/c1-6(2)5-9(4,7(3)10)8(11)12/h1,5H2,2-4H3,(H,11,12). The molecule has 0 rings (SSSR count). The van der Waals surface area contributed by atoms with E-state index < -0.39 is 11.4 Å². The van der Waals surface area contributed by atoms with Gasteiger partial charge in [0, 0.05) is 0 Å². The number of hydrogen-bond donors (Lipinski definition) is 1. The highest BCUT2D eigenvalue weighted by Crippen LogP contribution is 2.26. The lowest BCUT2D eigenvalue weighted by Crippen LogP contribution is -2.34. The number of aliphatic carboxylic acids is 1. The average molecular weight is 170 g/mol. The fourth-order valence-electron chi connectivity index (χ4n) is 0.954. The van der Waals surface area contributed by atoms with Crippen LogP contribution in [-0.2, 0) is 9.59 Å². The number of carboxylic acid groups (broad SMARTS) is 1. The van der Waals surface area contributed by atoms with Crippen molar-refractivity contribution in [3.05, 3.63) is 12.2 Å². The number of carboxylic acids is 1. The molecule has 0 spiro atoms. The van der Waals surface area contributed by atoms with Crippen LogP contribution in [0.4, 0.5) is 0 Å². The molecular weight excluding hydrogens is 156 g/mol. The molecular formula is C9H14O3. The molecule has 3 nitrogen and oxygen atoms in total. The molecule has 0 saturated carbocycles. The van der Waals surface area contributed by atoms with Gasteiger partial charge in [-0.15, -0.1) is 6.58 Å². The van der Waals surface area contributed by atoms with Gasteiger partial charge in [-0.3, -0.25) is 9.59 Å². The molecule has 0 fully saturated rings. The van der Waals surface area contributed by atoms with Crippen molar-refractivity contribution in [2.45, 2.75) is 27.2 Å². The monoisotopic (exact) mass is 170 g/mol. The van der Waals surface area contributed by atoms with Crippen molar-refractivity contribution in [1.29, 1.82) is 0 Å². The van der Waals surface area contributed by atoms with Crippen LogP contribution < -0.4 is 0 Å². The minimum Gasteiger partial charge on any atom is -0.480 e. The first-order chi connectivity index (χ1) is 5.30. The molecule has 0 amide bonds. The van der Waals surface area contributed by atoms with Crippen molar-refractivity contribution >= 4 is 11.8 Å². The van der Waals surface area contributed by atoms with E-state index >= 15 is 0 Å². The van der Waals surface area contributed by atoms with E-state index in [1.54, 1.807) is 6.92 Å². The minimum atomic E-state index is -1.30. The van der Waals surface area contributed by atoms with Crippen LogP contribution in [0, 0.1) is 5.41 Å². The summed E-state index contributed by atoms with van der Waals surface area (Å²) in [5.41, 5.74) is -0.596. The van der Waals surface area contributed by atoms with E-state index in [1.165, 1.54) is 13.8 Å². The Bertz CT molecular complexity index is 214. The molecule has 0 heterocycles. The normalized spacial score (nSPS) is 14.9. The maximum absolute atomic E-state index is 11.0. The molecule has 68 valence electrons. The first-order valence-corrected chi connectivity index (χ1v) is 3.69. The molecule has 1 N–H and O–H groups in total. The van der Waals surface area contributed by atoms with Gasteiger partial charge in [0.05, 0.1) is 0 Å². The van der Waals surface area contributed by atoms with Crippen LogP contribution in [0.2, 0.25) is 0 Å². The van der Waals surface area contributed by atoms with Crippen molar-refractivity contribution in [1.82, 2.24) is 0 Å². The van der Waals surface area contributed by atoms with Gasteiger partial charge in [-0.1, -0.05) is 5.57 Å². The third-order valence-electron chi connectivity index (χ3n) is 1.90. The summed E-state index contributed by atoms with van der Waals surface area (Å²) in [5.74, 6) is -1.42. The zero-order chi connectivity index (χ0) is 9.94. The summed E-state index contributed by atoms with van der Waals surface area (Å²) in [6.45, 7) is 8.01. The number of ketones is 1. The van der Waals surface area contributed by atoms with Crippen LogP contribution in [0.1, 0.15) is 27.2 Å². The molecule has 0 bridgehead atoms. The Morgan fingerprint density at radius 3 is 1.92 bits per heavy atom. The number of carbonyl (C=O) groups excluding carboxylic acids is 1. The zero-order valence-electron chi connectivity index (χ0n) is 7.68. The molecule has 0 aromatic rings. The van der Waals surface area contributed by atoms with Crippen LogP contribution in [0.5, 0.6) is 0 Å². The van der Waals surface area contributed by atoms with Crippen molar-refractivity contribution in [2.75, 3.05) is 0 Å². The Balaban J connectivity index is 4.75. The van der Waals surface area contributed by atoms with E-state index in [-0.39, 0.29) is 12.2 Å². The summed E-state index contributed by atoms with van der Waals surface area (Å²) >= 11 is 0. The second-order valence-corrected chi connectivity index (χ2v) is 3.33.